The fourth-order valence-electron chi connectivity index (χ4n) is 4.82. The highest BCUT2D eigenvalue weighted by molar-refractivity contribution is 7.86. The Morgan fingerprint density at radius 2 is 1.78 bits per heavy atom. The Hall–Kier alpha value is -4.09. The van der Waals surface area contributed by atoms with Crippen LogP contribution in [0.5, 0.6) is 5.75 Å². The second-order valence-corrected chi connectivity index (χ2v) is 10.9. The second-order valence-electron chi connectivity index (χ2n) is 9.54. The first kappa shape index (κ1) is 24.6. The molecule has 6 nitrogen and oxygen atoms in total. The first-order valence-corrected chi connectivity index (χ1v) is 13.2. The number of ether oxygens (including phenoxy) is 1. The Balaban J connectivity index is 1.94. The molecule has 1 N–H and O–H groups in total. The van der Waals surface area contributed by atoms with Crippen molar-refractivity contribution in [3.05, 3.63) is 70.4 Å². The molecule has 0 radical (unpaired) electrons. The number of hydrogen-bond donors (Lipinski definition) is 1. The zero-order chi connectivity index (χ0) is 26.6. The standard InChI is InChI=1S/C29H25FN2O4S/c1-6-18-10-11-21-24(12-18)31-29-27(21)28(33)23-15-26(36-17(4)5)22(14-25(23)32(29)16(2)3)19-8-7-9-20(13-19)37(30,34)35/h1,7-17,31H,2-5H3. The molecule has 0 saturated heterocycles. The van der Waals surface area contributed by atoms with E-state index in [0.29, 0.717) is 44.4 Å². The lowest BCUT2D eigenvalue weighted by Gasteiger charge is -2.20. The molecule has 5 aromatic rings. The minimum atomic E-state index is -4.90. The van der Waals surface area contributed by atoms with E-state index >= 15 is 0 Å². The molecular weight excluding hydrogens is 491 g/mol. The predicted molar refractivity (Wildman–Crippen MR) is 145 cm³/mol. The fraction of sp³-hybridized carbons (Fsp3) is 0.207. The van der Waals surface area contributed by atoms with Crippen LogP contribution in [0, 0.1) is 12.3 Å². The SMILES string of the molecule is C#Cc1ccc2c(c1)[nH]c1c2c(=O)c2cc(OC(C)C)c(-c3cccc(S(=O)(=O)F)c3)cc2n1C(C)C. The number of pyridine rings is 1. The summed E-state index contributed by atoms with van der Waals surface area (Å²) >= 11 is 0. The number of terminal acetylenes is 1. The predicted octanol–water partition coefficient (Wildman–Crippen LogP) is 6.31. The molecule has 0 fully saturated rings. The van der Waals surface area contributed by atoms with Crippen molar-refractivity contribution in [3.8, 4) is 29.2 Å². The first-order chi connectivity index (χ1) is 17.5. The van der Waals surface area contributed by atoms with Gasteiger partial charge in [-0.3, -0.25) is 4.79 Å². The van der Waals surface area contributed by atoms with Gasteiger partial charge in [0.15, 0.2) is 5.43 Å². The van der Waals surface area contributed by atoms with Gasteiger partial charge in [0, 0.05) is 28.1 Å². The van der Waals surface area contributed by atoms with Gasteiger partial charge in [-0.25, -0.2) is 0 Å². The van der Waals surface area contributed by atoms with Crippen LogP contribution in [0.1, 0.15) is 39.3 Å². The number of aromatic nitrogens is 2. The maximum atomic E-state index is 13.9. The van der Waals surface area contributed by atoms with E-state index < -0.39 is 15.1 Å². The molecule has 0 saturated carbocycles. The Morgan fingerprint density at radius 3 is 2.43 bits per heavy atom. The second kappa shape index (κ2) is 8.79. The summed E-state index contributed by atoms with van der Waals surface area (Å²) in [5.74, 6) is 3.02. The zero-order valence-corrected chi connectivity index (χ0v) is 21.6. The summed E-state index contributed by atoms with van der Waals surface area (Å²) in [6.45, 7) is 7.73. The van der Waals surface area contributed by atoms with Crippen LogP contribution in [0.2, 0.25) is 0 Å². The summed E-state index contributed by atoms with van der Waals surface area (Å²) in [6.07, 6.45) is 5.36. The van der Waals surface area contributed by atoms with Crippen molar-refractivity contribution < 1.29 is 17.0 Å². The molecule has 0 spiro atoms. The third kappa shape index (κ3) is 4.15. The molecule has 188 valence electrons. The average molecular weight is 517 g/mol. The Labute approximate surface area is 213 Å². The van der Waals surface area contributed by atoms with Gasteiger partial charge in [0.25, 0.3) is 0 Å². The first-order valence-electron chi connectivity index (χ1n) is 11.9. The largest absolute Gasteiger partial charge is 0.490 e. The molecule has 0 aliphatic rings. The van der Waals surface area contributed by atoms with Crippen LogP contribution < -0.4 is 10.2 Å². The number of nitrogens with one attached hydrogen (secondary N) is 1. The number of nitrogens with zero attached hydrogens (tertiary/aromatic N) is 1. The van der Waals surface area contributed by atoms with Gasteiger partial charge in [0.05, 0.1) is 27.3 Å². The number of benzene rings is 3. The molecule has 0 unspecified atom stereocenters. The molecule has 8 heteroatoms. The third-order valence-electron chi connectivity index (χ3n) is 6.32. The number of hydrogen-bond acceptors (Lipinski definition) is 4. The molecule has 2 aromatic heterocycles. The molecule has 0 aliphatic carbocycles. The Bertz CT molecular complexity index is 1930. The van der Waals surface area contributed by atoms with Gasteiger partial charge in [-0.15, -0.1) is 10.3 Å². The number of aromatic amines is 1. The van der Waals surface area contributed by atoms with Gasteiger partial charge in [0.1, 0.15) is 11.4 Å². The highest BCUT2D eigenvalue weighted by Crippen LogP contribution is 2.38. The topological polar surface area (TPSA) is 81.2 Å². The molecule has 3 aromatic carbocycles. The molecular formula is C29H25FN2O4S. The lowest BCUT2D eigenvalue weighted by atomic mass is 10.00. The van der Waals surface area contributed by atoms with Crippen molar-refractivity contribution >= 4 is 43.1 Å². The molecule has 5 rings (SSSR count). The van der Waals surface area contributed by atoms with Crippen molar-refractivity contribution in [2.24, 2.45) is 0 Å². The van der Waals surface area contributed by atoms with E-state index in [2.05, 4.69) is 10.9 Å². The molecule has 0 aliphatic heterocycles. The van der Waals surface area contributed by atoms with Crippen molar-refractivity contribution in [1.29, 1.82) is 0 Å². The van der Waals surface area contributed by atoms with Gasteiger partial charge in [-0.05, 0) is 69.7 Å². The summed E-state index contributed by atoms with van der Waals surface area (Å²) in [5, 5.41) is 1.77. The van der Waals surface area contributed by atoms with E-state index in [1.165, 1.54) is 18.2 Å². The highest BCUT2D eigenvalue weighted by atomic mass is 32.3. The lowest BCUT2D eigenvalue weighted by molar-refractivity contribution is 0.244. The van der Waals surface area contributed by atoms with E-state index in [1.54, 1.807) is 24.3 Å². The molecule has 0 amide bonds. The minimum Gasteiger partial charge on any atom is -0.490 e. The van der Waals surface area contributed by atoms with Crippen LogP contribution in [0.25, 0.3) is 44.0 Å². The number of H-pyrrole nitrogens is 1. The maximum absolute atomic E-state index is 13.9. The molecule has 0 bridgehead atoms. The van der Waals surface area contributed by atoms with Gasteiger partial charge in [0.2, 0.25) is 0 Å². The minimum absolute atomic E-state index is 0.0481. The van der Waals surface area contributed by atoms with E-state index in [9.17, 15) is 17.1 Å². The third-order valence-corrected chi connectivity index (χ3v) is 7.14. The Kier molecular flexibility index (Phi) is 5.84. The normalized spacial score (nSPS) is 12.2. The van der Waals surface area contributed by atoms with Crippen LogP contribution in [-0.2, 0) is 10.2 Å². The van der Waals surface area contributed by atoms with Gasteiger partial charge < -0.3 is 14.3 Å². The quantitative estimate of drug-likeness (QED) is 0.219. The van der Waals surface area contributed by atoms with Crippen molar-refractivity contribution in [2.75, 3.05) is 0 Å². The fourth-order valence-corrected chi connectivity index (χ4v) is 5.33. The number of halogens is 1. The molecule has 0 atom stereocenters. The maximum Gasteiger partial charge on any atom is 0.332 e. The van der Waals surface area contributed by atoms with E-state index in [1.807, 2.05) is 44.4 Å². The van der Waals surface area contributed by atoms with E-state index in [0.717, 1.165) is 10.9 Å². The van der Waals surface area contributed by atoms with Gasteiger partial charge in [-0.1, -0.05) is 24.1 Å². The average Bonchev–Trinajstić information content (AvgIpc) is 3.21. The van der Waals surface area contributed by atoms with E-state index in [4.69, 9.17) is 11.2 Å². The summed E-state index contributed by atoms with van der Waals surface area (Å²) in [4.78, 5) is 16.8. The summed E-state index contributed by atoms with van der Waals surface area (Å²) < 4.78 is 45.1. The Morgan fingerprint density at radius 1 is 1.03 bits per heavy atom. The van der Waals surface area contributed by atoms with Crippen molar-refractivity contribution in [1.82, 2.24) is 9.55 Å². The summed E-state index contributed by atoms with van der Waals surface area (Å²) in [6, 6.07) is 14.6. The monoisotopic (exact) mass is 516 g/mol. The zero-order valence-electron chi connectivity index (χ0n) is 20.8. The highest BCUT2D eigenvalue weighted by Gasteiger charge is 2.22. The van der Waals surface area contributed by atoms with Gasteiger partial charge >= 0.3 is 10.2 Å². The molecule has 2 heterocycles. The number of rotatable bonds is 5. The van der Waals surface area contributed by atoms with Crippen LogP contribution in [0.3, 0.4) is 0 Å². The lowest BCUT2D eigenvalue weighted by Crippen LogP contribution is -2.14. The number of fused-ring (bicyclic) bond motifs is 4. The van der Waals surface area contributed by atoms with Crippen LogP contribution >= 0.6 is 0 Å². The van der Waals surface area contributed by atoms with E-state index in [-0.39, 0.29) is 17.6 Å². The van der Waals surface area contributed by atoms with Crippen molar-refractivity contribution in [2.45, 2.75) is 44.7 Å². The smallest absolute Gasteiger partial charge is 0.332 e. The summed E-state index contributed by atoms with van der Waals surface area (Å²) in [5.41, 5.74) is 3.58. The summed E-state index contributed by atoms with van der Waals surface area (Å²) in [7, 11) is -4.90. The van der Waals surface area contributed by atoms with Crippen LogP contribution in [-0.4, -0.2) is 24.1 Å². The molecule has 37 heavy (non-hydrogen) atoms. The van der Waals surface area contributed by atoms with Crippen LogP contribution in [0.4, 0.5) is 3.89 Å². The van der Waals surface area contributed by atoms with Gasteiger partial charge in [-0.2, -0.15) is 8.42 Å². The van der Waals surface area contributed by atoms with Crippen molar-refractivity contribution in [3.63, 3.8) is 0 Å². The van der Waals surface area contributed by atoms with Crippen LogP contribution in [0.15, 0.2) is 64.3 Å².